The van der Waals surface area contributed by atoms with Gasteiger partial charge in [-0.25, -0.2) is 0 Å². The monoisotopic (exact) mass is 228 g/mol. The first-order chi connectivity index (χ1) is 7.47. The molecule has 2 atom stereocenters. The Morgan fingerprint density at radius 1 is 1.38 bits per heavy atom. The van der Waals surface area contributed by atoms with Gasteiger partial charge in [-0.15, -0.1) is 0 Å². The topological polar surface area (TPSA) is 44.3 Å². The van der Waals surface area contributed by atoms with E-state index < -0.39 is 0 Å². The SMILES string of the molecule is CC(C)(C)CC(O)CNCC1CCCCN1. The summed E-state index contributed by atoms with van der Waals surface area (Å²) in [6.07, 6.45) is 4.55. The fourth-order valence-corrected chi connectivity index (χ4v) is 2.30. The Morgan fingerprint density at radius 2 is 2.12 bits per heavy atom. The predicted octanol–water partition coefficient (Wildman–Crippen LogP) is 1.52. The number of nitrogens with one attached hydrogen (secondary N) is 2. The van der Waals surface area contributed by atoms with Crippen molar-refractivity contribution in [3.8, 4) is 0 Å². The second-order valence-electron chi connectivity index (χ2n) is 6.22. The van der Waals surface area contributed by atoms with Crippen LogP contribution in [-0.2, 0) is 0 Å². The van der Waals surface area contributed by atoms with Crippen molar-refractivity contribution in [1.82, 2.24) is 10.6 Å². The van der Waals surface area contributed by atoms with Gasteiger partial charge in [-0.05, 0) is 31.2 Å². The summed E-state index contributed by atoms with van der Waals surface area (Å²) < 4.78 is 0. The third-order valence-electron chi connectivity index (χ3n) is 3.03. The lowest BCUT2D eigenvalue weighted by molar-refractivity contribution is 0.119. The fourth-order valence-electron chi connectivity index (χ4n) is 2.30. The van der Waals surface area contributed by atoms with Crippen LogP contribution in [0.5, 0.6) is 0 Å². The zero-order valence-corrected chi connectivity index (χ0v) is 11.1. The number of aliphatic hydroxyl groups excluding tert-OH is 1. The quantitative estimate of drug-likeness (QED) is 0.668. The number of rotatable bonds is 5. The van der Waals surface area contributed by atoms with Gasteiger partial charge in [0.15, 0.2) is 0 Å². The zero-order chi connectivity index (χ0) is 12.0. The van der Waals surface area contributed by atoms with E-state index >= 15 is 0 Å². The lowest BCUT2D eigenvalue weighted by Crippen LogP contribution is -2.43. The van der Waals surface area contributed by atoms with E-state index in [1.54, 1.807) is 0 Å². The molecule has 1 heterocycles. The van der Waals surface area contributed by atoms with E-state index in [9.17, 15) is 5.11 Å². The van der Waals surface area contributed by atoms with E-state index in [1.807, 2.05) is 0 Å². The molecule has 16 heavy (non-hydrogen) atoms. The van der Waals surface area contributed by atoms with Crippen molar-refractivity contribution in [2.75, 3.05) is 19.6 Å². The van der Waals surface area contributed by atoms with Crippen LogP contribution in [0.3, 0.4) is 0 Å². The Bertz CT molecular complexity index is 183. The van der Waals surface area contributed by atoms with Gasteiger partial charge in [0.05, 0.1) is 6.10 Å². The normalized spacial score (nSPS) is 24.4. The summed E-state index contributed by atoms with van der Waals surface area (Å²) >= 11 is 0. The maximum Gasteiger partial charge on any atom is 0.0669 e. The van der Waals surface area contributed by atoms with Gasteiger partial charge in [0, 0.05) is 19.1 Å². The molecule has 0 saturated carbocycles. The van der Waals surface area contributed by atoms with Crippen LogP contribution in [0.1, 0.15) is 46.5 Å². The van der Waals surface area contributed by atoms with Gasteiger partial charge in [-0.1, -0.05) is 27.2 Å². The first kappa shape index (κ1) is 13.9. The van der Waals surface area contributed by atoms with Gasteiger partial charge in [-0.3, -0.25) is 0 Å². The van der Waals surface area contributed by atoms with Crippen molar-refractivity contribution < 1.29 is 5.11 Å². The van der Waals surface area contributed by atoms with Crippen LogP contribution in [0.15, 0.2) is 0 Å². The molecule has 0 aromatic heterocycles. The molecule has 0 aliphatic carbocycles. The summed E-state index contributed by atoms with van der Waals surface area (Å²) in [4.78, 5) is 0. The highest BCUT2D eigenvalue weighted by Gasteiger charge is 2.17. The van der Waals surface area contributed by atoms with Crippen LogP contribution in [0, 0.1) is 5.41 Å². The van der Waals surface area contributed by atoms with E-state index in [0.29, 0.717) is 6.04 Å². The number of hydrogen-bond donors (Lipinski definition) is 3. The number of piperidine rings is 1. The Morgan fingerprint density at radius 3 is 2.69 bits per heavy atom. The molecule has 0 bridgehead atoms. The highest BCUT2D eigenvalue weighted by atomic mass is 16.3. The van der Waals surface area contributed by atoms with E-state index in [-0.39, 0.29) is 11.5 Å². The van der Waals surface area contributed by atoms with Crippen molar-refractivity contribution in [2.24, 2.45) is 5.41 Å². The highest BCUT2D eigenvalue weighted by Crippen LogP contribution is 2.20. The van der Waals surface area contributed by atoms with Gasteiger partial charge >= 0.3 is 0 Å². The molecule has 0 amide bonds. The van der Waals surface area contributed by atoms with Gasteiger partial charge < -0.3 is 15.7 Å². The Kier molecular flexibility index (Phi) is 5.73. The predicted molar refractivity (Wildman–Crippen MR) is 68.6 cm³/mol. The molecule has 0 radical (unpaired) electrons. The summed E-state index contributed by atoms with van der Waals surface area (Å²) in [5.41, 5.74) is 0.212. The fraction of sp³-hybridized carbons (Fsp3) is 1.00. The van der Waals surface area contributed by atoms with Crippen LogP contribution in [0.25, 0.3) is 0 Å². The minimum absolute atomic E-state index is 0.212. The lowest BCUT2D eigenvalue weighted by atomic mass is 9.89. The summed E-state index contributed by atoms with van der Waals surface area (Å²) in [7, 11) is 0. The van der Waals surface area contributed by atoms with Crippen LogP contribution in [0.2, 0.25) is 0 Å². The summed E-state index contributed by atoms with van der Waals surface area (Å²) in [5.74, 6) is 0. The molecular weight excluding hydrogens is 200 g/mol. The summed E-state index contributed by atoms with van der Waals surface area (Å²) in [6.45, 7) is 9.35. The van der Waals surface area contributed by atoms with E-state index in [4.69, 9.17) is 0 Å². The molecule has 1 saturated heterocycles. The molecule has 0 aromatic rings. The second kappa shape index (κ2) is 6.58. The van der Waals surface area contributed by atoms with E-state index in [0.717, 1.165) is 26.1 Å². The molecule has 96 valence electrons. The molecule has 3 nitrogen and oxygen atoms in total. The Labute approximate surface area is 100 Å². The average Bonchev–Trinajstić information content (AvgIpc) is 2.16. The molecular formula is C13H28N2O. The third-order valence-corrected chi connectivity index (χ3v) is 3.03. The van der Waals surface area contributed by atoms with Crippen molar-refractivity contribution in [1.29, 1.82) is 0 Å². The first-order valence-corrected chi connectivity index (χ1v) is 6.59. The lowest BCUT2D eigenvalue weighted by Gasteiger charge is -2.26. The Balaban J connectivity index is 2.05. The van der Waals surface area contributed by atoms with Gasteiger partial charge in [0.2, 0.25) is 0 Å². The van der Waals surface area contributed by atoms with Crippen molar-refractivity contribution in [3.05, 3.63) is 0 Å². The number of hydrogen-bond acceptors (Lipinski definition) is 3. The number of aliphatic hydroxyl groups is 1. The molecule has 1 aliphatic heterocycles. The summed E-state index contributed by atoms with van der Waals surface area (Å²) in [6, 6.07) is 0.607. The van der Waals surface area contributed by atoms with Crippen LogP contribution >= 0.6 is 0 Å². The van der Waals surface area contributed by atoms with E-state index in [2.05, 4.69) is 31.4 Å². The van der Waals surface area contributed by atoms with Crippen LogP contribution < -0.4 is 10.6 Å². The maximum absolute atomic E-state index is 9.83. The molecule has 3 heteroatoms. The largest absolute Gasteiger partial charge is 0.392 e. The molecule has 2 unspecified atom stereocenters. The van der Waals surface area contributed by atoms with Crippen molar-refractivity contribution >= 4 is 0 Å². The maximum atomic E-state index is 9.83. The Hall–Kier alpha value is -0.120. The van der Waals surface area contributed by atoms with Crippen LogP contribution in [0.4, 0.5) is 0 Å². The zero-order valence-electron chi connectivity index (χ0n) is 11.1. The second-order valence-corrected chi connectivity index (χ2v) is 6.22. The van der Waals surface area contributed by atoms with Gasteiger partial charge in [-0.2, -0.15) is 0 Å². The first-order valence-electron chi connectivity index (χ1n) is 6.59. The van der Waals surface area contributed by atoms with E-state index in [1.165, 1.54) is 19.3 Å². The molecule has 1 aliphatic rings. The standard InChI is InChI=1S/C13H28N2O/c1-13(2,3)8-12(16)10-14-9-11-6-4-5-7-15-11/h11-12,14-16H,4-10H2,1-3H3. The summed E-state index contributed by atoms with van der Waals surface area (Å²) in [5, 5.41) is 16.7. The third kappa shape index (κ3) is 6.46. The minimum Gasteiger partial charge on any atom is -0.392 e. The van der Waals surface area contributed by atoms with Crippen LogP contribution in [-0.4, -0.2) is 36.9 Å². The molecule has 0 aromatic carbocycles. The molecule has 0 spiro atoms. The van der Waals surface area contributed by atoms with Gasteiger partial charge in [0.25, 0.3) is 0 Å². The van der Waals surface area contributed by atoms with Crippen molar-refractivity contribution in [2.45, 2.75) is 58.6 Å². The molecule has 1 rings (SSSR count). The smallest absolute Gasteiger partial charge is 0.0669 e. The van der Waals surface area contributed by atoms with Gasteiger partial charge in [0.1, 0.15) is 0 Å². The minimum atomic E-state index is -0.219. The average molecular weight is 228 g/mol. The highest BCUT2D eigenvalue weighted by molar-refractivity contribution is 4.76. The molecule has 3 N–H and O–H groups in total. The van der Waals surface area contributed by atoms with Crippen molar-refractivity contribution in [3.63, 3.8) is 0 Å². The molecule has 1 fully saturated rings.